The number of rotatable bonds is 6. The van der Waals surface area contributed by atoms with Crippen molar-refractivity contribution in [1.29, 1.82) is 0 Å². The second kappa shape index (κ2) is 6.61. The number of hydrogen-bond acceptors (Lipinski definition) is 4. The number of ether oxygens (including phenoxy) is 1. The molecule has 0 aromatic carbocycles. The van der Waals surface area contributed by atoms with Gasteiger partial charge in [-0.25, -0.2) is 0 Å². The minimum atomic E-state index is -0.290. The predicted octanol–water partition coefficient (Wildman–Crippen LogP) is 2.39. The van der Waals surface area contributed by atoms with Gasteiger partial charge in [0.1, 0.15) is 11.9 Å². The van der Waals surface area contributed by atoms with Gasteiger partial charge in [0.05, 0.1) is 25.3 Å². The summed E-state index contributed by atoms with van der Waals surface area (Å²) in [5, 5.41) is 2.74. The van der Waals surface area contributed by atoms with Gasteiger partial charge in [0.15, 0.2) is 0 Å². The molecule has 0 saturated carbocycles. The van der Waals surface area contributed by atoms with Crippen LogP contribution in [0.3, 0.4) is 0 Å². The van der Waals surface area contributed by atoms with E-state index in [0.29, 0.717) is 12.3 Å². The lowest BCUT2D eigenvalue weighted by Gasteiger charge is -2.12. The number of hydrogen-bond donors (Lipinski definition) is 1. The summed E-state index contributed by atoms with van der Waals surface area (Å²) < 4.78 is 15.4. The molecular formula is C14H15NO4. The molecule has 1 amide bonds. The molecule has 0 unspecified atom stereocenters. The molecule has 0 bridgehead atoms. The summed E-state index contributed by atoms with van der Waals surface area (Å²) in [5.41, 5.74) is 0.837. The summed E-state index contributed by atoms with van der Waals surface area (Å²) in [6, 6.07) is 5.36. The molecule has 1 N–H and O–H groups in total. The third-order valence-electron chi connectivity index (χ3n) is 2.58. The van der Waals surface area contributed by atoms with E-state index in [1.165, 1.54) is 6.08 Å². The smallest absolute Gasteiger partial charge is 0.244 e. The van der Waals surface area contributed by atoms with Crippen LogP contribution in [0.15, 0.2) is 51.9 Å². The SMILES string of the molecule is CO[C@H](CNC(=O)/C=C/c1ccoc1)c1ccco1. The highest BCUT2D eigenvalue weighted by molar-refractivity contribution is 5.91. The van der Waals surface area contributed by atoms with Gasteiger partial charge in [-0.15, -0.1) is 0 Å². The first-order valence-corrected chi connectivity index (χ1v) is 5.84. The van der Waals surface area contributed by atoms with Crippen molar-refractivity contribution in [3.8, 4) is 0 Å². The molecule has 19 heavy (non-hydrogen) atoms. The van der Waals surface area contributed by atoms with E-state index in [2.05, 4.69) is 5.32 Å². The molecule has 100 valence electrons. The first-order valence-electron chi connectivity index (χ1n) is 5.84. The zero-order chi connectivity index (χ0) is 13.5. The number of nitrogens with one attached hydrogen (secondary N) is 1. The third-order valence-corrected chi connectivity index (χ3v) is 2.58. The number of furan rings is 2. The first-order chi connectivity index (χ1) is 9.29. The van der Waals surface area contributed by atoms with Crippen LogP contribution in [0.5, 0.6) is 0 Å². The molecule has 0 fully saturated rings. The van der Waals surface area contributed by atoms with Gasteiger partial charge in [-0.05, 0) is 24.3 Å². The van der Waals surface area contributed by atoms with Gasteiger partial charge in [0, 0.05) is 18.7 Å². The van der Waals surface area contributed by atoms with E-state index in [1.807, 2.05) is 6.07 Å². The molecule has 0 saturated heterocycles. The highest BCUT2D eigenvalue weighted by atomic mass is 16.5. The Bertz CT molecular complexity index is 514. The van der Waals surface area contributed by atoms with Crippen molar-refractivity contribution in [1.82, 2.24) is 5.32 Å². The van der Waals surface area contributed by atoms with Crippen molar-refractivity contribution >= 4 is 12.0 Å². The molecular weight excluding hydrogens is 246 g/mol. The lowest BCUT2D eigenvalue weighted by Crippen LogP contribution is -2.27. The van der Waals surface area contributed by atoms with E-state index in [9.17, 15) is 4.79 Å². The number of carbonyl (C=O) groups is 1. The van der Waals surface area contributed by atoms with Crippen molar-refractivity contribution < 1.29 is 18.4 Å². The highest BCUT2D eigenvalue weighted by Crippen LogP contribution is 2.15. The van der Waals surface area contributed by atoms with E-state index < -0.39 is 0 Å². The molecule has 1 atom stereocenters. The minimum Gasteiger partial charge on any atom is -0.472 e. The Kier molecular flexibility index (Phi) is 4.58. The number of carbonyl (C=O) groups excluding carboxylic acids is 1. The van der Waals surface area contributed by atoms with Crippen LogP contribution in [0.1, 0.15) is 17.4 Å². The van der Waals surface area contributed by atoms with Gasteiger partial charge in [0.25, 0.3) is 0 Å². The molecule has 2 rings (SSSR count). The van der Waals surface area contributed by atoms with E-state index in [1.54, 1.807) is 44.1 Å². The molecule has 2 aromatic heterocycles. The lowest BCUT2D eigenvalue weighted by molar-refractivity contribution is -0.117. The average Bonchev–Trinajstić information content (AvgIpc) is 3.10. The fourth-order valence-corrected chi connectivity index (χ4v) is 1.57. The van der Waals surface area contributed by atoms with Gasteiger partial charge in [-0.3, -0.25) is 4.79 Å². The lowest BCUT2D eigenvalue weighted by atomic mass is 10.2. The van der Waals surface area contributed by atoms with Crippen molar-refractivity contribution in [3.05, 3.63) is 54.4 Å². The molecule has 0 aliphatic heterocycles. The van der Waals surface area contributed by atoms with Crippen LogP contribution in [0.25, 0.3) is 6.08 Å². The molecule has 5 heteroatoms. The standard InChI is InChI=1S/C14H15NO4/c1-17-13(12-3-2-7-19-12)9-15-14(16)5-4-11-6-8-18-10-11/h2-8,10,13H,9H2,1H3,(H,15,16)/b5-4+/t13-/m1/s1. The highest BCUT2D eigenvalue weighted by Gasteiger charge is 2.13. The molecule has 0 aliphatic rings. The van der Waals surface area contributed by atoms with Gasteiger partial charge in [-0.2, -0.15) is 0 Å². The van der Waals surface area contributed by atoms with Gasteiger partial charge in [-0.1, -0.05) is 0 Å². The van der Waals surface area contributed by atoms with Gasteiger partial charge in [0.2, 0.25) is 5.91 Å². The van der Waals surface area contributed by atoms with Gasteiger partial charge < -0.3 is 18.9 Å². The molecule has 5 nitrogen and oxygen atoms in total. The maximum Gasteiger partial charge on any atom is 0.244 e. The Morgan fingerprint density at radius 1 is 1.47 bits per heavy atom. The van der Waals surface area contributed by atoms with Gasteiger partial charge >= 0.3 is 0 Å². The van der Waals surface area contributed by atoms with Crippen molar-refractivity contribution in [2.24, 2.45) is 0 Å². The summed E-state index contributed by atoms with van der Waals surface area (Å²) in [7, 11) is 1.57. The Hall–Kier alpha value is -2.27. The van der Waals surface area contributed by atoms with Crippen LogP contribution in [0, 0.1) is 0 Å². The monoisotopic (exact) mass is 261 g/mol. The Balaban J connectivity index is 1.82. The molecule has 0 aliphatic carbocycles. The minimum absolute atomic E-state index is 0.199. The van der Waals surface area contributed by atoms with Crippen LogP contribution < -0.4 is 5.32 Å². The van der Waals surface area contributed by atoms with Crippen LogP contribution in [-0.2, 0) is 9.53 Å². The summed E-state index contributed by atoms with van der Waals surface area (Å²) in [6.45, 7) is 0.346. The Morgan fingerprint density at radius 3 is 3.00 bits per heavy atom. The number of amides is 1. The maximum absolute atomic E-state index is 11.6. The van der Waals surface area contributed by atoms with Crippen LogP contribution in [-0.4, -0.2) is 19.6 Å². The second-order valence-electron chi connectivity index (χ2n) is 3.87. The van der Waals surface area contributed by atoms with Crippen molar-refractivity contribution in [2.45, 2.75) is 6.10 Å². The summed E-state index contributed by atoms with van der Waals surface area (Å²) in [5.74, 6) is 0.483. The van der Waals surface area contributed by atoms with Crippen LogP contribution in [0.4, 0.5) is 0 Å². The maximum atomic E-state index is 11.6. The fourth-order valence-electron chi connectivity index (χ4n) is 1.57. The second-order valence-corrected chi connectivity index (χ2v) is 3.87. The van der Waals surface area contributed by atoms with E-state index >= 15 is 0 Å². The summed E-state index contributed by atoms with van der Waals surface area (Å²) >= 11 is 0. The zero-order valence-electron chi connectivity index (χ0n) is 10.5. The zero-order valence-corrected chi connectivity index (χ0v) is 10.5. The Morgan fingerprint density at radius 2 is 2.37 bits per heavy atom. The normalized spacial score (nSPS) is 12.7. The van der Waals surface area contributed by atoms with Crippen LogP contribution >= 0.6 is 0 Å². The predicted molar refractivity (Wildman–Crippen MR) is 69.2 cm³/mol. The molecule has 0 spiro atoms. The number of methoxy groups -OCH3 is 1. The topological polar surface area (TPSA) is 64.6 Å². The molecule has 2 aromatic rings. The quantitative estimate of drug-likeness (QED) is 0.811. The average molecular weight is 261 g/mol. The fraction of sp³-hybridized carbons (Fsp3) is 0.214. The van der Waals surface area contributed by atoms with Crippen molar-refractivity contribution in [3.63, 3.8) is 0 Å². The van der Waals surface area contributed by atoms with E-state index in [0.717, 1.165) is 5.56 Å². The van der Waals surface area contributed by atoms with Crippen LogP contribution in [0.2, 0.25) is 0 Å². The summed E-state index contributed by atoms with van der Waals surface area (Å²) in [4.78, 5) is 11.6. The van der Waals surface area contributed by atoms with Crippen molar-refractivity contribution in [2.75, 3.05) is 13.7 Å². The Labute approximate surface area is 110 Å². The molecule has 2 heterocycles. The largest absolute Gasteiger partial charge is 0.472 e. The first kappa shape index (κ1) is 13.2. The molecule has 0 radical (unpaired) electrons. The third kappa shape index (κ3) is 3.86. The van der Waals surface area contributed by atoms with E-state index in [-0.39, 0.29) is 12.0 Å². The van der Waals surface area contributed by atoms with E-state index in [4.69, 9.17) is 13.6 Å². The summed E-state index contributed by atoms with van der Waals surface area (Å²) in [6.07, 6.45) is 7.51.